The standard InChI is InChI=1S/C24H25N3O4/c1-4-24(2,3)27(22(29)16-31-19-8-6-5-7-9-19)20-14-21(28)26(23(20)30)18-12-10-17(15-25)11-13-18/h5-13,20H,4,14,16H2,1-3H3. The summed E-state index contributed by atoms with van der Waals surface area (Å²) in [5, 5.41) is 8.97. The lowest BCUT2D eigenvalue weighted by atomic mass is 9.96. The lowest BCUT2D eigenvalue weighted by Crippen LogP contribution is -2.56. The Balaban J connectivity index is 1.85. The summed E-state index contributed by atoms with van der Waals surface area (Å²) in [5.74, 6) is -0.639. The highest BCUT2D eigenvalue weighted by Gasteiger charge is 2.48. The summed E-state index contributed by atoms with van der Waals surface area (Å²) in [5.41, 5.74) is 0.165. The molecule has 1 atom stereocenters. The van der Waals surface area contributed by atoms with Crippen molar-refractivity contribution in [2.45, 2.75) is 45.2 Å². The van der Waals surface area contributed by atoms with E-state index in [1.54, 1.807) is 36.4 Å². The molecule has 7 nitrogen and oxygen atoms in total. The first-order chi connectivity index (χ1) is 14.8. The highest BCUT2D eigenvalue weighted by Crippen LogP contribution is 2.31. The van der Waals surface area contributed by atoms with Crippen molar-refractivity contribution < 1.29 is 19.1 Å². The summed E-state index contributed by atoms with van der Waals surface area (Å²) < 4.78 is 5.62. The first-order valence-corrected chi connectivity index (χ1v) is 10.2. The van der Waals surface area contributed by atoms with Crippen LogP contribution in [0.15, 0.2) is 54.6 Å². The van der Waals surface area contributed by atoms with Crippen LogP contribution in [-0.4, -0.2) is 40.8 Å². The van der Waals surface area contributed by atoms with Crippen LogP contribution in [0.5, 0.6) is 5.75 Å². The van der Waals surface area contributed by atoms with Crippen LogP contribution in [0.1, 0.15) is 39.2 Å². The van der Waals surface area contributed by atoms with Gasteiger partial charge < -0.3 is 9.64 Å². The second-order valence-corrected chi connectivity index (χ2v) is 7.98. The smallest absolute Gasteiger partial charge is 0.261 e. The SMILES string of the molecule is CCC(C)(C)N(C(=O)COc1ccccc1)C1CC(=O)N(c2ccc(C#N)cc2)C1=O. The number of imide groups is 1. The number of nitriles is 1. The minimum Gasteiger partial charge on any atom is -0.484 e. The third-order valence-corrected chi connectivity index (χ3v) is 5.58. The molecular weight excluding hydrogens is 394 g/mol. The number of benzene rings is 2. The van der Waals surface area contributed by atoms with Gasteiger partial charge in [0.1, 0.15) is 11.8 Å². The molecule has 1 aliphatic rings. The van der Waals surface area contributed by atoms with E-state index in [0.29, 0.717) is 23.4 Å². The van der Waals surface area contributed by atoms with Gasteiger partial charge in [0.2, 0.25) is 5.91 Å². The van der Waals surface area contributed by atoms with Crippen LogP contribution in [0.25, 0.3) is 0 Å². The molecule has 3 rings (SSSR count). The summed E-state index contributed by atoms with van der Waals surface area (Å²) in [7, 11) is 0. The number of amides is 3. The Morgan fingerprint density at radius 2 is 1.81 bits per heavy atom. The number of carbonyl (C=O) groups excluding carboxylic acids is 3. The van der Waals surface area contributed by atoms with Crippen molar-refractivity contribution in [2.75, 3.05) is 11.5 Å². The number of rotatable bonds is 7. The van der Waals surface area contributed by atoms with Gasteiger partial charge in [-0.2, -0.15) is 5.26 Å². The molecule has 7 heteroatoms. The second kappa shape index (κ2) is 9.00. The molecule has 160 valence electrons. The number of para-hydroxylation sites is 1. The fourth-order valence-electron chi connectivity index (χ4n) is 3.61. The molecule has 1 fully saturated rings. The molecule has 0 spiro atoms. The summed E-state index contributed by atoms with van der Waals surface area (Å²) in [6, 6.07) is 16.3. The molecule has 1 aliphatic heterocycles. The molecule has 1 unspecified atom stereocenters. The number of ether oxygens (including phenoxy) is 1. The van der Waals surface area contributed by atoms with Gasteiger partial charge in [-0.05, 0) is 56.7 Å². The number of hydrogen-bond donors (Lipinski definition) is 0. The fraction of sp³-hybridized carbons (Fsp3) is 0.333. The van der Waals surface area contributed by atoms with E-state index in [2.05, 4.69) is 0 Å². The Morgan fingerprint density at radius 3 is 2.39 bits per heavy atom. The lowest BCUT2D eigenvalue weighted by molar-refractivity contribution is -0.146. The summed E-state index contributed by atoms with van der Waals surface area (Å²) in [4.78, 5) is 41.8. The number of nitrogens with zero attached hydrogens (tertiary/aromatic N) is 3. The van der Waals surface area contributed by atoms with Gasteiger partial charge in [-0.15, -0.1) is 0 Å². The minimum absolute atomic E-state index is 0.0979. The molecule has 0 aliphatic carbocycles. The maximum atomic E-state index is 13.3. The van der Waals surface area contributed by atoms with Gasteiger partial charge in [-0.1, -0.05) is 25.1 Å². The van der Waals surface area contributed by atoms with Crippen LogP contribution in [0, 0.1) is 11.3 Å². The van der Waals surface area contributed by atoms with Gasteiger partial charge >= 0.3 is 0 Å². The van der Waals surface area contributed by atoms with Crippen LogP contribution in [0.4, 0.5) is 5.69 Å². The van der Waals surface area contributed by atoms with Crippen molar-refractivity contribution in [3.63, 3.8) is 0 Å². The normalized spacial score (nSPS) is 16.2. The highest BCUT2D eigenvalue weighted by atomic mass is 16.5. The van der Waals surface area contributed by atoms with Gasteiger partial charge in [-0.3, -0.25) is 14.4 Å². The number of carbonyl (C=O) groups is 3. The predicted molar refractivity (Wildman–Crippen MR) is 115 cm³/mol. The first kappa shape index (κ1) is 22.0. The van der Waals surface area contributed by atoms with Crippen LogP contribution in [0.2, 0.25) is 0 Å². The van der Waals surface area contributed by atoms with Crippen LogP contribution >= 0.6 is 0 Å². The average molecular weight is 419 g/mol. The first-order valence-electron chi connectivity index (χ1n) is 10.2. The second-order valence-electron chi connectivity index (χ2n) is 7.98. The van der Waals surface area contributed by atoms with Gasteiger partial charge in [0.25, 0.3) is 11.8 Å². The fourth-order valence-corrected chi connectivity index (χ4v) is 3.61. The zero-order valence-electron chi connectivity index (χ0n) is 17.9. The third kappa shape index (κ3) is 4.58. The van der Waals surface area contributed by atoms with Crippen molar-refractivity contribution in [1.82, 2.24) is 4.90 Å². The van der Waals surface area contributed by atoms with Gasteiger partial charge in [-0.25, -0.2) is 4.90 Å². The van der Waals surface area contributed by atoms with E-state index in [4.69, 9.17) is 10.00 Å². The molecule has 31 heavy (non-hydrogen) atoms. The molecule has 2 aromatic rings. The quantitative estimate of drug-likeness (QED) is 0.643. The Morgan fingerprint density at radius 1 is 1.16 bits per heavy atom. The van der Waals surface area contributed by atoms with E-state index in [0.717, 1.165) is 4.90 Å². The molecule has 2 aromatic carbocycles. The Hall–Kier alpha value is -3.66. The Kier molecular flexibility index (Phi) is 6.40. The topological polar surface area (TPSA) is 90.7 Å². The van der Waals surface area contributed by atoms with Crippen molar-refractivity contribution in [3.8, 4) is 11.8 Å². The number of hydrogen-bond acceptors (Lipinski definition) is 5. The molecule has 1 saturated heterocycles. The van der Waals surface area contributed by atoms with Crippen molar-refractivity contribution in [1.29, 1.82) is 5.26 Å². The van der Waals surface area contributed by atoms with Crippen molar-refractivity contribution >= 4 is 23.4 Å². The van der Waals surface area contributed by atoms with E-state index in [-0.39, 0.29) is 24.8 Å². The molecular formula is C24H25N3O4. The zero-order chi connectivity index (χ0) is 22.6. The summed E-state index contributed by atoms with van der Waals surface area (Å²) in [6.45, 7) is 5.44. The maximum Gasteiger partial charge on any atom is 0.261 e. The van der Waals surface area contributed by atoms with Crippen LogP contribution in [-0.2, 0) is 14.4 Å². The van der Waals surface area contributed by atoms with E-state index >= 15 is 0 Å². The van der Waals surface area contributed by atoms with E-state index in [1.807, 2.05) is 45.0 Å². The maximum absolute atomic E-state index is 13.3. The van der Waals surface area contributed by atoms with Gasteiger partial charge in [0.15, 0.2) is 6.61 Å². The van der Waals surface area contributed by atoms with Crippen molar-refractivity contribution in [3.05, 3.63) is 60.2 Å². The molecule has 0 radical (unpaired) electrons. The van der Waals surface area contributed by atoms with E-state index < -0.39 is 17.5 Å². The van der Waals surface area contributed by atoms with Crippen molar-refractivity contribution in [2.24, 2.45) is 0 Å². The number of anilines is 1. The molecule has 1 heterocycles. The molecule has 0 aromatic heterocycles. The summed E-state index contributed by atoms with van der Waals surface area (Å²) in [6.07, 6.45) is 0.498. The molecule has 0 bridgehead atoms. The van der Waals surface area contributed by atoms with Gasteiger partial charge in [0, 0.05) is 5.54 Å². The van der Waals surface area contributed by atoms with E-state index in [9.17, 15) is 14.4 Å². The monoisotopic (exact) mass is 419 g/mol. The van der Waals surface area contributed by atoms with Crippen LogP contribution in [0.3, 0.4) is 0 Å². The lowest BCUT2D eigenvalue weighted by Gasteiger charge is -2.41. The average Bonchev–Trinajstić information content (AvgIpc) is 3.06. The van der Waals surface area contributed by atoms with Gasteiger partial charge in [0.05, 0.1) is 23.7 Å². The Bertz CT molecular complexity index is 1010. The molecule has 0 N–H and O–H groups in total. The third-order valence-electron chi connectivity index (χ3n) is 5.58. The predicted octanol–water partition coefficient (Wildman–Crippen LogP) is 3.29. The minimum atomic E-state index is -0.912. The molecule has 3 amide bonds. The highest BCUT2D eigenvalue weighted by molar-refractivity contribution is 6.23. The Labute approximate surface area is 181 Å². The zero-order valence-corrected chi connectivity index (χ0v) is 17.9. The van der Waals surface area contributed by atoms with Crippen LogP contribution < -0.4 is 9.64 Å². The molecule has 0 saturated carbocycles. The summed E-state index contributed by atoms with van der Waals surface area (Å²) >= 11 is 0. The van der Waals surface area contributed by atoms with E-state index in [1.165, 1.54) is 4.90 Å². The largest absolute Gasteiger partial charge is 0.484 e.